The third kappa shape index (κ3) is 3.37. The van der Waals surface area contributed by atoms with Crippen molar-refractivity contribution in [1.29, 1.82) is 0 Å². The van der Waals surface area contributed by atoms with Crippen molar-refractivity contribution in [3.63, 3.8) is 0 Å². The number of rotatable bonds is 3. The van der Waals surface area contributed by atoms with E-state index in [9.17, 15) is 9.59 Å². The van der Waals surface area contributed by atoms with Crippen LogP contribution >= 0.6 is 15.9 Å². The van der Waals surface area contributed by atoms with E-state index >= 15 is 0 Å². The minimum atomic E-state index is -0.606. The van der Waals surface area contributed by atoms with Gasteiger partial charge >= 0.3 is 0 Å². The lowest BCUT2D eigenvalue weighted by Gasteiger charge is -2.32. The summed E-state index contributed by atoms with van der Waals surface area (Å²) < 4.78 is 6.49. The molecule has 0 radical (unpaired) electrons. The van der Waals surface area contributed by atoms with Gasteiger partial charge in [-0.25, -0.2) is 0 Å². The summed E-state index contributed by atoms with van der Waals surface area (Å²) in [5.74, 6) is 0.121. The fourth-order valence-corrected chi connectivity index (χ4v) is 2.66. The molecule has 1 heterocycles. The number of amides is 2. The minimum absolute atomic E-state index is 0.0559. The lowest BCUT2D eigenvalue weighted by molar-refractivity contribution is -0.127. The predicted molar refractivity (Wildman–Crippen MR) is 91.7 cm³/mol. The fourth-order valence-electron chi connectivity index (χ4n) is 2.40. The Morgan fingerprint density at radius 1 is 1.22 bits per heavy atom. The van der Waals surface area contributed by atoms with Gasteiger partial charge in [-0.15, -0.1) is 0 Å². The zero-order valence-corrected chi connectivity index (χ0v) is 14.0. The number of benzene rings is 2. The van der Waals surface area contributed by atoms with Crippen molar-refractivity contribution in [1.82, 2.24) is 0 Å². The van der Waals surface area contributed by atoms with Gasteiger partial charge in [0.1, 0.15) is 12.3 Å². The zero-order chi connectivity index (χ0) is 16.4. The van der Waals surface area contributed by atoms with E-state index in [2.05, 4.69) is 21.2 Å². The smallest absolute Gasteiger partial charge is 0.268 e. The molecule has 0 aromatic heterocycles. The maximum atomic E-state index is 12.3. The molecule has 3 rings (SSSR count). The average molecular weight is 375 g/mol. The molecule has 0 fully saturated rings. The standard InChI is InChI=1S/C17H15BrN2O3/c1-11-17(22)20(14-4-2-3-5-15(14)23-11)10-16(21)19-13-8-6-12(18)7-9-13/h2-9,11H,10H2,1H3,(H,19,21). The van der Waals surface area contributed by atoms with Crippen LogP contribution in [-0.2, 0) is 9.59 Å². The Balaban J connectivity index is 1.77. The van der Waals surface area contributed by atoms with Gasteiger partial charge in [-0.2, -0.15) is 0 Å². The van der Waals surface area contributed by atoms with Crippen LogP contribution in [-0.4, -0.2) is 24.5 Å². The van der Waals surface area contributed by atoms with E-state index < -0.39 is 6.10 Å². The van der Waals surface area contributed by atoms with Crippen LogP contribution in [0.15, 0.2) is 53.0 Å². The minimum Gasteiger partial charge on any atom is -0.479 e. The Labute approximate surface area is 142 Å². The second-order valence-corrected chi connectivity index (χ2v) is 6.12. The third-order valence-corrected chi connectivity index (χ3v) is 4.03. The monoisotopic (exact) mass is 374 g/mol. The lowest BCUT2D eigenvalue weighted by atomic mass is 10.2. The maximum Gasteiger partial charge on any atom is 0.268 e. The Hall–Kier alpha value is -2.34. The normalized spacial score (nSPS) is 16.5. The molecular formula is C17H15BrN2O3. The molecule has 1 N–H and O–H groups in total. The zero-order valence-electron chi connectivity index (χ0n) is 12.5. The number of fused-ring (bicyclic) bond motifs is 1. The largest absolute Gasteiger partial charge is 0.479 e. The molecule has 0 saturated carbocycles. The van der Waals surface area contributed by atoms with E-state index in [0.717, 1.165) is 4.47 Å². The fraction of sp³-hybridized carbons (Fsp3) is 0.176. The number of para-hydroxylation sites is 2. The topological polar surface area (TPSA) is 58.6 Å². The van der Waals surface area contributed by atoms with Crippen LogP contribution < -0.4 is 15.0 Å². The van der Waals surface area contributed by atoms with Gasteiger partial charge in [0.15, 0.2) is 6.10 Å². The molecule has 1 aliphatic heterocycles. The Kier molecular flexibility index (Phi) is 4.34. The molecule has 23 heavy (non-hydrogen) atoms. The summed E-state index contributed by atoms with van der Waals surface area (Å²) in [6.07, 6.45) is -0.606. The van der Waals surface area contributed by atoms with Gasteiger partial charge in [-0.1, -0.05) is 28.1 Å². The Bertz CT molecular complexity index is 746. The first-order valence-electron chi connectivity index (χ1n) is 7.17. The summed E-state index contributed by atoms with van der Waals surface area (Å²) >= 11 is 3.34. The van der Waals surface area contributed by atoms with Crippen molar-refractivity contribution in [3.8, 4) is 5.75 Å². The van der Waals surface area contributed by atoms with Crippen LogP contribution in [0, 0.1) is 0 Å². The van der Waals surface area contributed by atoms with E-state index in [4.69, 9.17) is 4.74 Å². The number of carbonyl (C=O) groups excluding carboxylic acids is 2. The molecule has 0 aliphatic carbocycles. The van der Waals surface area contributed by atoms with Crippen molar-refractivity contribution in [2.75, 3.05) is 16.8 Å². The molecular weight excluding hydrogens is 360 g/mol. The number of anilines is 2. The Morgan fingerprint density at radius 2 is 1.91 bits per heavy atom. The summed E-state index contributed by atoms with van der Waals surface area (Å²) in [4.78, 5) is 26.1. The number of nitrogens with zero attached hydrogens (tertiary/aromatic N) is 1. The van der Waals surface area contributed by atoms with Crippen LogP contribution in [0.5, 0.6) is 5.75 Å². The highest BCUT2D eigenvalue weighted by molar-refractivity contribution is 9.10. The first-order valence-corrected chi connectivity index (χ1v) is 7.96. The maximum absolute atomic E-state index is 12.3. The summed E-state index contributed by atoms with van der Waals surface area (Å²) in [5.41, 5.74) is 1.29. The van der Waals surface area contributed by atoms with E-state index in [1.807, 2.05) is 24.3 Å². The second kappa shape index (κ2) is 6.42. The highest BCUT2D eigenvalue weighted by atomic mass is 79.9. The summed E-state index contributed by atoms with van der Waals surface area (Å²) in [6, 6.07) is 14.5. The van der Waals surface area contributed by atoms with Crippen LogP contribution in [0.25, 0.3) is 0 Å². The highest BCUT2D eigenvalue weighted by Gasteiger charge is 2.32. The molecule has 2 amide bonds. The number of hydrogen-bond donors (Lipinski definition) is 1. The summed E-state index contributed by atoms with van der Waals surface area (Å²) in [7, 11) is 0. The molecule has 118 valence electrons. The molecule has 0 spiro atoms. The van der Waals surface area contributed by atoms with Gasteiger partial charge < -0.3 is 10.1 Å². The van der Waals surface area contributed by atoms with Crippen molar-refractivity contribution < 1.29 is 14.3 Å². The third-order valence-electron chi connectivity index (χ3n) is 3.50. The lowest BCUT2D eigenvalue weighted by Crippen LogP contribution is -2.47. The van der Waals surface area contributed by atoms with Crippen molar-refractivity contribution in [2.45, 2.75) is 13.0 Å². The number of hydrogen-bond acceptors (Lipinski definition) is 3. The van der Waals surface area contributed by atoms with Gasteiger partial charge in [0.25, 0.3) is 5.91 Å². The molecule has 1 unspecified atom stereocenters. The molecule has 5 nitrogen and oxygen atoms in total. The number of nitrogens with one attached hydrogen (secondary N) is 1. The van der Waals surface area contributed by atoms with Gasteiger partial charge in [0.05, 0.1) is 5.69 Å². The molecule has 0 saturated heterocycles. The molecule has 0 bridgehead atoms. The van der Waals surface area contributed by atoms with Gasteiger partial charge in [-0.05, 0) is 43.3 Å². The first-order chi connectivity index (χ1) is 11.0. The SMILES string of the molecule is CC1Oc2ccccc2N(CC(=O)Nc2ccc(Br)cc2)C1=O. The van der Waals surface area contributed by atoms with Crippen LogP contribution in [0.3, 0.4) is 0 Å². The van der Waals surface area contributed by atoms with E-state index in [1.165, 1.54) is 4.90 Å². The summed E-state index contributed by atoms with van der Waals surface area (Å²) in [6.45, 7) is 1.62. The average Bonchev–Trinajstić information content (AvgIpc) is 2.54. The summed E-state index contributed by atoms with van der Waals surface area (Å²) in [5, 5.41) is 2.79. The van der Waals surface area contributed by atoms with E-state index in [1.54, 1.807) is 31.2 Å². The molecule has 1 aliphatic rings. The van der Waals surface area contributed by atoms with E-state index in [-0.39, 0.29) is 18.4 Å². The Morgan fingerprint density at radius 3 is 2.65 bits per heavy atom. The van der Waals surface area contributed by atoms with Crippen molar-refractivity contribution >= 4 is 39.1 Å². The van der Waals surface area contributed by atoms with Gasteiger partial charge in [0.2, 0.25) is 5.91 Å². The molecule has 1 atom stereocenters. The van der Waals surface area contributed by atoms with E-state index in [0.29, 0.717) is 17.1 Å². The van der Waals surface area contributed by atoms with Gasteiger partial charge in [-0.3, -0.25) is 14.5 Å². The quantitative estimate of drug-likeness (QED) is 0.897. The first kappa shape index (κ1) is 15.6. The van der Waals surface area contributed by atoms with Crippen molar-refractivity contribution in [3.05, 3.63) is 53.0 Å². The molecule has 2 aromatic carbocycles. The van der Waals surface area contributed by atoms with Gasteiger partial charge in [0, 0.05) is 10.2 Å². The van der Waals surface area contributed by atoms with Crippen molar-refractivity contribution in [2.24, 2.45) is 0 Å². The number of carbonyl (C=O) groups is 2. The predicted octanol–water partition coefficient (Wildman–Crippen LogP) is 3.20. The van der Waals surface area contributed by atoms with Crippen LogP contribution in [0.1, 0.15) is 6.92 Å². The molecule has 6 heteroatoms. The number of ether oxygens (including phenoxy) is 1. The molecule has 2 aromatic rings. The van der Waals surface area contributed by atoms with Crippen LogP contribution in [0.4, 0.5) is 11.4 Å². The highest BCUT2D eigenvalue weighted by Crippen LogP contribution is 2.33. The van der Waals surface area contributed by atoms with Crippen LogP contribution in [0.2, 0.25) is 0 Å². The number of halogens is 1. The second-order valence-electron chi connectivity index (χ2n) is 5.21.